The van der Waals surface area contributed by atoms with Gasteiger partial charge >= 0.3 is 0 Å². The molecule has 1 aromatic carbocycles. The van der Waals surface area contributed by atoms with Gasteiger partial charge in [-0.3, -0.25) is 14.5 Å². The van der Waals surface area contributed by atoms with E-state index in [9.17, 15) is 9.59 Å². The number of imide groups is 1. The third-order valence-corrected chi connectivity index (χ3v) is 4.40. The standard InChI is InChI=1S/C23H33NO8/c1-19(2)32-18-17-31-16-15-30-14-13-29-12-11-28-10-9-27-8-7-24-22(25)20-5-3-4-6-21(20)23(24)26/h3-6H,1,7-18H2,2H3. The van der Waals surface area contributed by atoms with Gasteiger partial charge in [0.1, 0.15) is 6.61 Å². The van der Waals surface area contributed by atoms with E-state index in [0.29, 0.717) is 83.0 Å². The number of hydrogen-bond donors (Lipinski definition) is 0. The molecular weight excluding hydrogens is 418 g/mol. The maximum Gasteiger partial charge on any atom is 0.261 e. The molecular formula is C23H33NO8. The number of carbonyl (C=O) groups excluding carboxylic acids is 2. The Bertz CT molecular complexity index is 689. The lowest BCUT2D eigenvalue weighted by atomic mass is 10.1. The van der Waals surface area contributed by atoms with Crippen molar-refractivity contribution in [2.24, 2.45) is 0 Å². The largest absolute Gasteiger partial charge is 0.496 e. The van der Waals surface area contributed by atoms with Crippen LogP contribution < -0.4 is 0 Å². The second-order valence-electron chi connectivity index (χ2n) is 6.92. The van der Waals surface area contributed by atoms with Crippen molar-refractivity contribution >= 4 is 11.8 Å². The zero-order chi connectivity index (χ0) is 23.0. The third-order valence-electron chi connectivity index (χ3n) is 4.40. The quantitative estimate of drug-likeness (QED) is 0.179. The minimum atomic E-state index is -0.271. The van der Waals surface area contributed by atoms with E-state index in [1.807, 2.05) is 0 Å². The molecule has 9 heteroatoms. The van der Waals surface area contributed by atoms with Crippen molar-refractivity contribution in [2.75, 3.05) is 79.2 Å². The molecule has 1 aliphatic rings. The van der Waals surface area contributed by atoms with Crippen molar-refractivity contribution in [1.82, 2.24) is 4.90 Å². The Balaban J connectivity index is 1.32. The lowest BCUT2D eigenvalue weighted by Gasteiger charge is -2.13. The summed E-state index contributed by atoms with van der Waals surface area (Å²) in [4.78, 5) is 25.7. The molecule has 0 bridgehead atoms. The third kappa shape index (κ3) is 9.46. The minimum Gasteiger partial charge on any atom is -0.496 e. The number of amides is 2. The molecule has 1 aromatic rings. The lowest BCUT2D eigenvalue weighted by molar-refractivity contribution is -0.0147. The Morgan fingerprint density at radius 3 is 1.47 bits per heavy atom. The fraction of sp³-hybridized carbons (Fsp3) is 0.565. The second-order valence-corrected chi connectivity index (χ2v) is 6.92. The summed E-state index contributed by atoms with van der Waals surface area (Å²) in [6.07, 6.45) is 0. The number of nitrogens with zero attached hydrogens (tertiary/aromatic N) is 1. The summed E-state index contributed by atoms with van der Waals surface area (Å²) in [5.41, 5.74) is 0.896. The predicted octanol–water partition coefficient (Wildman–Crippen LogP) is 1.92. The van der Waals surface area contributed by atoms with Gasteiger partial charge in [-0.25, -0.2) is 0 Å². The van der Waals surface area contributed by atoms with Crippen molar-refractivity contribution < 1.29 is 38.0 Å². The Hall–Kier alpha value is -2.30. The number of fused-ring (bicyclic) bond motifs is 1. The van der Waals surface area contributed by atoms with Gasteiger partial charge in [-0.05, 0) is 19.1 Å². The van der Waals surface area contributed by atoms with Crippen LogP contribution in [0.1, 0.15) is 27.6 Å². The zero-order valence-corrected chi connectivity index (χ0v) is 18.7. The fourth-order valence-corrected chi connectivity index (χ4v) is 2.85. The average Bonchev–Trinajstić information content (AvgIpc) is 3.03. The minimum absolute atomic E-state index is 0.225. The highest BCUT2D eigenvalue weighted by Crippen LogP contribution is 2.21. The molecule has 0 saturated carbocycles. The van der Waals surface area contributed by atoms with Crippen molar-refractivity contribution in [2.45, 2.75) is 6.92 Å². The first-order valence-electron chi connectivity index (χ1n) is 10.7. The van der Waals surface area contributed by atoms with Crippen LogP contribution in [0.5, 0.6) is 0 Å². The van der Waals surface area contributed by atoms with Gasteiger partial charge < -0.3 is 28.4 Å². The van der Waals surface area contributed by atoms with Crippen molar-refractivity contribution in [1.29, 1.82) is 0 Å². The molecule has 0 radical (unpaired) electrons. The molecule has 32 heavy (non-hydrogen) atoms. The highest BCUT2D eigenvalue weighted by molar-refractivity contribution is 6.21. The van der Waals surface area contributed by atoms with E-state index in [1.54, 1.807) is 31.2 Å². The SMILES string of the molecule is C=C(C)OCCOCCOCCOCCOCCOCCN1C(=O)c2ccccc2C1=O. The first-order valence-corrected chi connectivity index (χ1v) is 10.7. The number of benzene rings is 1. The number of rotatable bonds is 19. The topological polar surface area (TPSA) is 92.8 Å². The van der Waals surface area contributed by atoms with Crippen LogP contribution in [0.25, 0.3) is 0 Å². The van der Waals surface area contributed by atoms with Gasteiger partial charge in [0.15, 0.2) is 0 Å². The van der Waals surface area contributed by atoms with Gasteiger partial charge in [0.25, 0.3) is 11.8 Å². The number of carbonyl (C=O) groups is 2. The van der Waals surface area contributed by atoms with Crippen molar-refractivity contribution in [3.05, 3.63) is 47.7 Å². The van der Waals surface area contributed by atoms with Crippen LogP contribution in [0.4, 0.5) is 0 Å². The van der Waals surface area contributed by atoms with Crippen LogP contribution in [0.2, 0.25) is 0 Å². The van der Waals surface area contributed by atoms with E-state index in [-0.39, 0.29) is 25.0 Å². The number of allylic oxidation sites excluding steroid dienone is 1. The summed E-state index contributed by atoms with van der Waals surface area (Å²) in [5, 5.41) is 0. The van der Waals surface area contributed by atoms with E-state index in [0.717, 1.165) is 0 Å². The van der Waals surface area contributed by atoms with Gasteiger partial charge in [-0.15, -0.1) is 0 Å². The monoisotopic (exact) mass is 451 g/mol. The predicted molar refractivity (Wildman–Crippen MR) is 117 cm³/mol. The molecule has 1 aliphatic heterocycles. The van der Waals surface area contributed by atoms with Crippen LogP contribution >= 0.6 is 0 Å². The highest BCUT2D eigenvalue weighted by atomic mass is 16.6. The van der Waals surface area contributed by atoms with Gasteiger partial charge in [0.05, 0.1) is 89.5 Å². The summed E-state index contributed by atoms with van der Waals surface area (Å²) >= 11 is 0. The van der Waals surface area contributed by atoms with E-state index in [1.165, 1.54) is 4.90 Å². The Kier molecular flexibility index (Phi) is 12.6. The lowest BCUT2D eigenvalue weighted by Crippen LogP contribution is -2.33. The van der Waals surface area contributed by atoms with Crippen LogP contribution in [0.15, 0.2) is 36.6 Å². The number of ether oxygens (including phenoxy) is 6. The van der Waals surface area contributed by atoms with Crippen LogP contribution in [-0.4, -0.2) is 95.9 Å². The van der Waals surface area contributed by atoms with Crippen LogP contribution in [0, 0.1) is 0 Å². The zero-order valence-electron chi connectivity index (χ0n) is 18.7. The normalized spacial score (nSPS) is 13.0. The number of hydrogen-bond acceptors (Lipinski definition) is 8. The molecule has 0 aromatic heterocycles. The molecule has 0 saturated heterocycles. The van der Waals surface area contributed by atoms with E-state index < -0.39 is 0 Å². The second kappa shape index (κ2) is 15.5. The molecule has 0 fully saturated rings. The van der Waals surface area contributed by atoms with Crippen LogP contribution in [0.3, 0.4) is 0 Å². The smallest absolute Gasteiger partial charge is 0.261 e. The first kappa shape index (κ1) is 26.0. The summed E-state index contributed by atoms with van der Waals surface area (Å²) in [6.45, 7) is 10.6. The summed E-state index contributed by atoms with van der Waals surface area (Å²) in [7, 11) is 0. The van der Waals surface area contributed by atoms with Gasteiger partial charge in [0.2, 0.25) is 0 Å². The van der Waals surface area contributed by atoms with Gasteiger partial charge in [-0.2, -0.15) is 0 Å². The Morgan fingerprint density at radius 1 is 0.688 bits per heavy atom. The molecule has 2 amide bonds. The molecule has 178 valence electrons. The molecule has 0 N–H and O–H groups in total. The van der Waals surface area contributed by atoms with Gasteiger partial charge in [-0.1, -0.05) is 18.7 Å². The molecule has 9 nitrogen and oxygen atoms in total. The van der Waals surface area contributed by atoms with E-state index >= 15 is 0 Å². The summed E-state index contributed by atoms with van der Waals surface area (Å²) < 4.78 is 32.2. The Labute approximate surface area is 189 Å². The van der Waals surface area contributed by atoms with Crippen molar-refractivity contribution in [3.8, 4) is 0 Å². The summed E-state index contributed by atoms with van der Waals surface area (Å²) in [5.74, 6) is 0.137. The highest BCUT2D eigenvalue weighted by Gasteiger charge is 2.34. The molecule has 0 atom stereocenters. The van der Waals surface area contributed by atoms with E-state index in [4.69, 9.17) is 28.4 Å². The molecule has 0 spiro atoms. The van der Waals surface area contributed by atoms with Crippen molar-refractivity contribution in [3.63, 3.8) is 0 Å². The molecule has 0 aliphatic carbocycles. The van der Waals surface area contributed by atoms with E-state index in [2.05, 4.69) is 6.58 Å². The van der Waals surface area contributed by atoms with Gasteiger partial charge in [0, 0.05) is 0 Å². The van der Waals surface area contributed by atoms with Crippen LogP contribution in [-0.2, 0) is 28.4 Å². The Morgan fingerprint density at radius 2 is 1.06 bits per heavy atom. The first-order chi connectivity index (χ1) is 15.6. The maximum absolute atomic E-state index is 12.2. The molecule has 1 heterocycles. The molecule has 2 rings (SSSR count). The average molecular weight is 452 g/mol. The fourth-order valence-electron chi connectivity index (χ4n) is 2.85. The summed E-state index contributed by atoms with van der Waals surface area (Å²) in [6, 6.07) is 6.82. The maximum atomic E-state index is 12.2. The molecule has 0 unspecified atom stereocenters.